The van der Waals surface area contributed by atoms with Crippen LogP contribution >= 0.6 is 0 Å². The van der Waals surface area contributed by atoms with Gasteiger partial charge in [0.15, 0.2) is 5.82 Å². The van der Waals surface area contributed by atoms with Crippen molar-refractivity contribution < 1.29 is 0 Å². The molecular weight excluding hydrogens is 412 g/mol. The molecule has 3 N–H and O–H groups in total. The van der Waals surface area contributed by atoms with Crippen molar-refractivity contribution in [2.24, 2.45) is 0 Å². The van der Waals surface area contributed by atoms with E-state index in [0.29, 0.717) is 5.82 Å². The second-order valence-corrected chi connectivity index (χ2v) is 8.39. The van der Waals surface area contributed by atoms with Crippen molar-refractivity contribution in [3.05, 3.63) is 72.6 Å². The maximum Gasteiger partial charge on any atom is 0.219 e. The van der Waals surface area contributed by atoms with Crippen LogP contribution in [0.5, 0.6) is 0 Å². The van der Waals surface area contributed by atoms with Crippen molar-refractivity contribution in [3.63, 3.8) is 0 Å². The first kappa shape index (κ1) is 21.2. The lowest BCUT2D eigenvalue weighted by Crippen LogP contribution is -2.47. The molecule has 1 aliphatic rings. The molecule has 4 aromatic rings. The van der Waals surface area contributed by atoms with Crippen molar-refractivity contribution in [2.45, 2.75) is 6.04 Å². The molecule has 3 heterocycles. The number of nitrogen functional groups attached to an aromatic ring is 1. The first-order valence-corrected chi connectivity index (χ1v) is 11.2. The Hall–Kier alpha value is -3.62. The highest BCUT2D eigenvalue weighted by Gasteiger charge is 2.24. The Morgan fingerprint density at radius 1 is 0.909 bits per heavy atom. The number of hydrogen-bond acceptors (Lipinski definition) is 8. The molecule has 168 valence electrons. The highest BCUT2D eigenvalue weighted by molar-refractivity contribution is 5.90. The largest absolute Gasteiger partial charge is 0.368 e. The van der Waals surface area contributed by atoms with Crippen LogP contribution in [-0.4, -0.2) is 69.5 Å². The Labute approximate surface area is 193 Å². The van der Waals surface area contributed by atoms with Gasteiger partial charge in [0.1, 0.15) is 5.82 Å². The van der Waals surface area contributed by atoms with E-state index >= 15 is 0 Å². The number of para-hydroxylation sites is 1. The van der Waals surface area contributed by atoms with Gasteiger partial charge in [0.25, 0.3) is 0 Å². The summed E-state index contributed by atoms with van der Waals surface area (Å²) in [4.78, 5) is 22.7. The molecule has 33 heavy (non-hydrogen) atoms. The molecule has 2 aromatic carbocycles. The summed E-state index contributed by atoms with van der Waals surface area (Å²) in [7, 11) is 2.18. The normalized spacial score (nSPS) is 16.0. The molecule has 8 nitrogen and oxygen atoms in total. The van der Waals surface area contributed by atoms with Gasteiger partial charge >= 0.3 is 0 Å². The number of nitrogens with zero attached hydrogens (tertiary/aromatic N) is 6. The predicted molar refractivity (Wildman–Crippen MR) is 132 cm³/mol. The van der Waals surface area contributed by atoms with Crippen LogP contribution in [-0.2, 0) is 0 Å². The summed E-state index contributed by atoms with van der Waals surface area (Å²) in [5, 5.41) is 4.63. The second-order valence-electron chi connectivity index (χ2n) is 8.39. The Morgan fingerprint density at radius 3 is 2.36 bits per heavy atom. The first-order valence-electron chi connectivity index (χ1n) is 11.2. The zero-order chi connectivity index (χ0) is 22.6. The number of piperazine rings is 1. The van der Waals surface area contributed by atoms with E-state index in [0.717, 1.165) is 55.0 Å². The summed E-state index contributed by atoms with van der Waals surface area (Å²) in [6.45, 7) is 4.96. The quantitative estimate of drug-likeness (QED) is 0.472. The summed E-state index contributed by atoms with van der Waals surface area (Å²) >= 11 is 0. The van der Waals surface area contributed by atoms with Gasteiger partial charge in [0, 0.05) is 50.5 Å². The van der Waals surface area contributed by atoms with Crippen molar-refractivity contribution >= 4 is 22.7 Å². The van der Waals surface area contributed by atoms with Crippen LogP contribution in [0, 0.1) is 0 Å². The third-order valence-corrected chi connectivity index (χ3v) is 6.16. The molecule has 2 aromatic heterocycles. The zero-order valence-corrected chi connectivity index (χ0v) is 18.7. The fraction of sp³-hybridized carbons (Fsp3) is 0.280. The van der Waals surface area contributed by atoms with E-state index in [1.165, 1.54) is 5.56 Å². The fourth-order valence-corrected chi connectivity index (χ4v) is 4.25. The maximum absolute atomic E-state index is 5.66. The minimum Gasteiger partial charge on any atom is -0.368 e. The van der Waals surface area contributed by atoms with E-state index in [-0.39, 0.29) is 12.0 Å². The number of anilines is 2. The lowest BCUT2D eigenvalue weighted by Gasteiger charge is -2.38. The Balaban J connectivity index is 1.47. The molecule has 1 unspecified atom stereocenters. The molecular formula is C25H28N8. The minimum atomic E-state index is 0.232. The van der Waals surface area contributed by atoms with Crippen molar-refractivity contribution in [1.29, 1.82) is 0 Å². The fourth-order valence-electron chi connectivity index (χ4n) is 4.25. The standard InChI is InChI=1S/C25H28N8/c1-32-11-13-33(14-12-32)22(18-7-3-2-4-8-18)17-27-24-20-9-5-6-10-21(20)30-23(31-24)19-15-28-25(26)29-16-19/h2-10,15-16,22H,11-14,17H2,1H3,(H2,26,28,29)(H,27,30,31). The van der Waals surface area contributed by atoms with Gasteiger partial charge in [-0.25, -0.2) is 19.9 Å². The third kappa shape index (κ3) is 4.76. The van der Waals surface area contributed by atoms with Gasteiger partial charge in [0.05, 0.1) is 17.1 Å². The molecule has 1 atom stereocenters. The SMILES string of the molecule is CN1CCN(C(CNc2nc(-c3cnc(N)nc3)nc3ccccc23)c2ccccc2)CC1. The molecule has 0 radical (unpaired) electrons. The van der Waals surface area contributed by atoms with Crippen molar-refractivity contribution in [1.82, 2.24) is 29.7 Å². The number of nitrogens with one attached hydrogen (secondary N) is 1. The van der Waals surface area contributed by atoms with Crippen LogP contribution in [0.25, 0.3) is 22.3 Å². The lowest BCUT2D eigenvalue weighted by molar-refractivity contribution is 0.116. The number of likely N-dealkylation sites (N-methyl/N-ethyl adjacent to an activating group) is 1. The van der Waals surface area contributed by atoms with E-state index in [4.69, 9.17) is 15.7 Å². The Kier molecular flexibility index (Phi) is 6.10. The zero-order valence-electron chi connectivity index (χ0n) is 18.7. The van der Waals surface area contributed by atoms with Crippen LogP contribution < -0.4 is 11.1 Å². The maximum atomic E-state index is 5.66. The lowest BCUT2D eigenvalue weighted by atomic mass is 10.0. The highest BCUT2D eigenvalue weighted by atomic mass is 15.3. The average Bonchev–Trinajstić information content (AvgIpc) is 2.86. The van der Waals surface area contributed by atoms with Crippen molar-refractivity contribution in [3.8, 4) is 11.4 Å². The van der Waals surface area contributed by atoms with E-state index in [1.54, 1.807) is 12.4 Å². The molecule has 0 bridgehead atoms. The van der Waals surface area contributed by atoms with Crippen molar-refractivity contribution in [2.75, 3.05) is 50.8 Å². The molecule has 0 spiro atoms. The molecule has 1 fully saturated rings. The van der Waals surface area contributed by atoms with Crippen LogP contribution in [0.15, 0.2) is 67.0 Å². The number of nitrogens with two attached hydrogens (primary N) is 1. The van der Waals surface area contributed by atoms with E-state index < -0.39 is 0 Å². The Morgan fingerprint density at radius 2 is 1.61 bits per heavy atom. The highest BCUT2D eigenvalue weighted by Crippen LogP contribution is 2.27. The minimum absolute atomic E-state index is 0.232. The smallest absolute Gasteiger partial charge is 0.219 e. The summed E-state index contributed by atoms with van der Waals surface area (Å²) in [6, 6.07) is 19.0. The second kappa shape index (κ2) is 9.48. The third-order valence-electron chi connectivity index (χ3n) is 6.16. The summed E-state index contributed by atoms with van der Waals surface area (Å²) in [5.41, 5.74) is 8.57. The first-order chi connectivity index (χ1) is 16.2. The average molecular weight is 441 g/mol. The van der Waals surface area contributed by atoms with Gasteiger partial charge in [-0.05, 0) is 24.7 Å². The summed E-state index contributed by atoms with van der Waals surface area (Å²) in [6.07, 6.45) is 3.32. The van der Waals surface area contributed by atoms with Crippen LogP contribution in [0.4, 0.5) is 11.8 Å². The predicted octanol–water partition coefficient (Wildman–Crippen LogP) is 3.07. The van der Waals surface area contributed by atoms with Gasteiger partial charge in [-0.1, -0.05) is 42.5 Å². The van der Waals surface area contributed by atoms with Gasteiger partial charge in [-0.3, -0.25) is 4.90 Å². The topological polar surface area (TPSA) is 96.1 Å². The monoisotopic (exact) mass is 440 g/mol. The molecule has 1 saturated heterocycles. The summed E-state index contributed by atoms with van der Waals surface area (Å²) < 4.78 is 0. The van der Waals surface area contributed by atoms with E-state index in [9.17, 15) is 0 Å². The number of benzene rings is 2. The van der Waals surface area contributed by atoms with Crippen LogP contribution in [0.1, 0.15) is 11.6 Å². The van der Waals surface area contributed by atoms with Gasteiger partial charge < -0.3 is 16.0 Å². The summed E-state index contributed by atoms with van der Waals surface area (Å²) in [5.74, 6) is 1.62. The number of hydrogen-bond donors (Lipinski definition) is 2. The van der Waals surface area contributed by atoms with Crippen LogP contribution in [0.2, 0.25) is 0 Å². The van der Waals surface area contributed by atoms with Crippen LogP contribution in [0.3, 0.4) is 0 Å². The Bertz CT molecular complexity index is 1200. The number of rotatable bonds is 6. The van der Waals surface area contributed by atoms with Gasteiger partial charge in [-0.2, -0.15) is 0 Å². The molecule has 5 rings (SSSR count). The van der Waals surface area contributed by atoms with Gasteiger partial charge in [0.2, 0.25) is 5.95 Å². The molecule has 0 aliphatic carbocycles. The van der Waals surface area contributed by atoms with E-state index in [2.05, 4.69) is 62.5 Å². The van der Waals surface area contributed by atoms with E-state index in [1.807, 2.05) is 24.3 Å². The molecule has 1 aliphatic heterocycles. The molecule has 0 saturated carbocycles. The molecule has 0 amide bonds. The number of fused-ring (bicyclic) bond motifs is 1. The number of aromatic nitrogens is 4. The molecule has 8 heteroatoms. The van der Waals surface area contributed by atoms with Gasteiger partial charge in [-0.15, -0.1) is 0 Å².